The number of β-amino-alcohol motifs (C(OH)–C–C–N with tert-alkyl or cyclic N) is 1. The van der Waals surface area contributed by atoms with Crippen LogP contribution in [0.15, 0.2) is 18.2 Å². The number of carbonyl (C=O) groups is 1. The van der Waals surface area contributed by atoms with Crippen molar-refractivity contribution in [3.05, 3.63) is 23.8 Å². The van der Waals surface area contributed by atoms with Crippen LogP contribution in [0.25, 0.3) is 0 Å². The number of fused-ring (bicyclic) bond motifs is 1. The molecule has 0 bridgehead atoms. The van der Waals surface area contributed by atoms with Gasteiger partial charge in [0.15, 0.2) is 17.3 Å². The number of hydrogen-bond donors (Lipinski definition) is 1. The monoisotopic (exact) mass is 277 g/mol. The molecule has 1 N–H and O–H groups in total. The normalized spacial score (nSPS) is 25.7. The summed E-state index contributed by atoms with van der Waals surface area (Å²) in [4.78, 5) is 14.3. The number of likely N-dealkylation sites (tertiary alicyclic amines) is 1. The molecule has 2 unspecified atom stereocenters. The first-order valence-corrected chi connectivity index (χ1v) is 6.97. The summed E-state index contributed by atoms with van der Waals surface area (Å²) in [5.74, 6) is 1.67. The zero-order valence-corrected chi connectivity index (χ0v) is 11.5. The molecule has 0 saturated carbocycles. The zero-order chi connectivity index (χ0) is 14.1. The minimum Gasteiger partial charge on any atom is -0.454 e. The largest absolute Gasteiger partial charge is 0.454 e. The van der Waals surface area contributed by atoms with Gasteiger partial charge in [-0.15, -0.1) is 0 Å². The third kappa shape index (κ3) is 2.64. The molecular weight excluding hydrogens is 258 g/mol. The van der Waals surface area contributed by atoms with Gasteiger partial charge in [-0.3, -0.25) is 9.69 Å². The van der Waals surface area contributed by atoms with Crippen molar-refractivity contribution in [1.82, 2.24) is 4.90 Å². The summed E-state index contributed by atoms with van der Waals surface area (Å²) in [6, 6.07) is 5.26. The van der Waals surface area contributed by atoms with Crippen molar-refractivity contribution in [3.63, 3.8) is 0 Å². The van der Waals surface area contributed by atoms with Gasteiger partial charge in [0.1, 0.15) is 0 Å². The maximum absolute atomic E-state index is 12.3. The van der Waals surface area contributed by atoms with Crippen molar-refractivity contribution in [3.8, 4) is 11.5 Å². The fourth-order valence-electron chi connectivity index (χ4n) is 2.62. The SMILES string of the molecule is CC1CCN(CC(=O)c2ccc3c(c2)OCO3)CC1O. The average Bonchev–Trinajstić information content (AvgIpc) is 2.90. The van der Waals surface area contributed by atoms with Crippen molar-refractivity contribution in [1.29, 1.82) is 0 Å². The van der Waals surface area contributed by atoms with Gasteiger partial charge in [0, 0.05) is 12.1 Å². The summed E-state index contributed by atoms with van der Waals surface area (Å²) in [6.07, 6.45) is 0.587. The number of nitrogens with zero attached hydrogens (tertiary/aromatic N) is 1. The Labute approximate surface area is 118 Å². The number of aliphatic hydroxyl groups excluding tert-OH is 1. The summed E-state index contributed by atoms with van der Waals surface area (Å²) in [5, 5.41) is 9.87. The molecule has 1 aromatic rings. The quantitative estimate of drug-likeness (QED) is 0.844. The van der Waals surface area contributed by atoms with E-state index in [1.54, 1.807) is 18.2 Å². The molecule has 1 fully saturated rings. The first kappa shape index (κ1) is 13.4. The molecule has 2 atom stereocenters. The van der Waals surface area contributed by atoms with Gasteiger partial charge in [0.25, 0.3) is 0 Å². The Balaban J connectivity index is 1.65. The number of ketones is 1. The van der Waals surface area contributed by atoms with Gasteiger partial charge in [-0.05, 0) is 37.1 Å². The van der Waals surface area contributed by atoms with Crippen LogP contribution in [0.1, 0.15) is 23.7 Å². The lowest BCUT2D eigenvalue weighted by molar-refractivity contribution is 0.0295. The van der Waals surface area contributed by atoms with Crippen LogP contribution in [-0.2, 0) is 0 Å². The lowest BCUT2D eigenvalue weighted by Crippen LogP contribution is -2.44. The smallest absolute Gasteiger partial charge is 0.231 e. The molecule has 0 radical (unpaired) electrons. The van der Waals surface area contributed by atoms with E-state index in [-0.39, 0.29) is 18.7 Å². The molecule has 3 rings (SSSR count). The first-order chi connectivity index (χ1) is 9.63. The summed E-state index contributed by atoms with van der Waals surface area (Å²) in [5.41, 5.74) is 0.627. The Hall–Kier alpha value is -1.59. The summed E-state index contributed by atoms with van der Waals surface area (Å²) >= 11 is 0. The molecule has 0 spiro atoms. The molecule has 2 heterocycles. The predicted octanol–water partition coefficient (Wildman–Crippen LogP) is 1.30. The second-order valence-corrected chi connectivity index (χ2v) is 5.56. The summed E-state index contributed by atoms with van der Waals surface area (Å²) in [7, 11) is 0. The van der Waals surface area contributed by atoms with Crippen molar-refractivity contribution in [2.45, 2.75) is 19.4 Å². The fraction of sp³-hybridized carbons (Fsp3) is 0.533. The van der Waals surface area contributed by atoms with Gasteiger partial charge in [-0.25, -0.2) is 0 Å². The Morgan fingerprint density at radius 1 is 1.40 bits per heavy atom. The highest BCUT2D eigenvalue weighted by molar-refractivity contribution is 5.98. The number of rotatable bonds is 3. The number of piperidine rings is 1. The number of Topliss-reactive ketones (excluding diaryl/α,β-unsaturated/α-hetero) is 1. The van der Waals surface area contributed by atoms with E-state index in [1.807, 2.05) is 11.8 Å². The Morgan fingerprint density at radius 3 is 3.00 bits per heavy atom. The lowest BCUT2D eigenvalue weighted by atomic mass is 9.95. The third-order valence-corrected chi connectivity index (χ3v) is 4.06. The average molecular weight is 277 g/mol. The highest BCUT2D eigenvalue weighted by Crippen LogP contribution is 2.32. The van der Waals surface area contributed by atoms with Crippen LogP contribution in [0.3, 0.4) is 0 Å². The lowest BCUT2D eigenvalue weighted by Gasteiger charge is -2.33. The van der Waals surface area contributed by atoms with Gasteiger partial charge in [0.05, 0.1) is 12.6 Å². The van der Waals surface area contributed by atoms with Gasteiger partial charge in [-0.1, -0.05) is 6.92 Å². The van der Waals surface area contributed by atoms with Crippen LogP contribution in [0.2, 0.25) is 0 Å². The molecule has 2 aliphatic rings. The Morgan fingerprint density at radius 2 is 2.20 bits per heavy atom. The Kier molecular flexibility index (Phi) is 3.63. The molecule has 108 valence electrons. The minimum absolute atomic E-state index is 0.0463. The van der Waals surface area contributed by atoms with Crippen LogP contribution < -0.4 is 9.47 Å². The number of hydrogen-bond acceptors (Lipinski definition) is 5. The van der Waals surface area contributed by atoms with E-state index in [2.05, 4.69) is 0 Å². The number of aliphatic hydroxyl groups is 1. The first-order valence-electron chi connectivity index (χ1n) is 6.97. The molecule has 1 saturated heterocycles. The fourth-order valence-corrected chi connectivity index (χ4v) is 2.62. The zero-order valence-electron chi connectivity index (χ0n) is 11.5. The number of carbonyl (C=O) groups excluding carboxylic acids is 1. The van der Waals surface area contributed by atoms with E-state index in [9.17, 15) is 9.90 Å². The third-order valence-electron chi connectivity index (χ3n) is 4.06. The van der Waals surface area contributed by atoms with E-state index in [0.29, 0.717) is 36.1 Å². The predicted molar refractivity (Wildman–Crippen MR) is 73.1 cm³/mol. The molecule has 0 amide bonds. The standard InChI is InChI=1S/C15H19NO4/c1-10-4-5-16(7-12(10)17)8-13(18)11-2-3-14-15(6-11)20-9-19-14/h2-3,6,10,12,17H,4-5,7-9H2,1H3. The maximum atomic E-state index is 12.3. The highest BCUT2D eigenvalue weighted by atomic mass is 16.7. The summed E-state index contributed by atoms with van der Waals surface area (Å²) < 4.78 is 10.5. The van der Waals surface area contributed by atoms with E-state index >= 15 is 0 Å². The van der Waals surface area contributed by atoms with Crippen LogP contribution in [0, 0.1) is 5.92 Å². The number of ether oxygens (including phenoxy) is 2. The molecule has 2 aliphatic heterocycles. The van der Waals surface area contributed by atoms with Crippen molar-refractivity contribution in [2.75, 3.05) is 26.4 Å². The minimum atomic E-state index is -0.340. The molecule has 0 aromatic heterocycles. The molecule has 0 aliphatic carbocycles. The summed E-state index contributed by atoms with van der Waals surface area (Å²) in [6.45, 7) is 4.01. The maximum Gasteiger partial charge on any atom is 0.231 e. The molecule has 20 heavy (non-hydrogen) atoms. The molecule has 1 aromatic carbocycles. The van der Waals surface area contributed by atoms with Gasteiger partial charge in [-0.2, -0.15) is 0 Å². The van der Waals surface area contributed by atoms with E-state index < -0.39 is 0 Å². The highest BCUT2D eigenvalue weighted by Gasteiger charge is 2.26. The van der Waals surface area contributed by atoms with E-state index in [4.69, 9.17) is 9.47 Å². The van der Waals surface area contributed by atoms with Crippen molar-refractivity contribution in [2.24, 2.45) is 5.92 Å². The van der Waals surface area contributed by atoms with Crippen molar-refractivity contribution >= 4 is 5.78 Å². The van der Waals surface area contributed by atoms with Gasteiger partial charge < -0.3 is 14.6 Å². The van der Waals surface area contributed by atoms with Gasteiger partial charge >= 0.3 is 0 Å². The van der Waals surface area contributed by atoms with Gasteiger partial charge in [0.2, 0.25) is 6.79 Å². The van der Waals surface area contributed by atoms with E-state index in [0.717, 1.165) is 13.0 Å². The van der Waals surface area contributed by atoms with Crippen LogP contribution in [0.5, 0.6) is 11.5 Å². The molecule has 5 heteroatoms. The van der Waals surface area contributed by atoms with Crippen molar-refractivity contribution < 1.29 is 19.4 Å². The second kappa shape index (κ2) is 5.42. The Bertz CT molecular complexity index is 517. The molecular formula is C15H19NO4. The molecule has 5 nitrogen and oxygen atoms in total. The van der Waals surface area contributed by atoms with Crippen LogP contribution >= 0.6 is 0 Å². The van der Waals surface area contributed by atoms with Crippen LogP contribution in [-0.4, -0.2) is 48.3 Å². The number of benzene rings is 1. The van der Waals surface area contributed by atoms with E-state index in [1.165, 1.54) is 0 Å². The van der Waals surface area contributed by atoms with Crippen LogP contribution in [0.4, 0.5) is 0 Å². The topological polar surface area (TPSA) is 59.0 Å². The second-order valence-electron chi connectivity index (χ2n) is 5.56.